The number of nitrogens with two attached hydrogens (primary N) is 1. The minimum absolute atomic E-state index is 0.0236. The summed E-state index contributed by atoms with van der Waals surface area (Å²) >= 11 is 0. The van der Waals surface area contributed by atoms with Crippen molar-refractivity contribution in [1.82, 2.24) is 14.1 Å². The van der Waals surface area contributed by atoms with E-state index in [0.29, 0.717) is 42.5 Å². The molecule has 1 saturated heterocycles. The minimum atomic E-state index is -3.51. The minimum Gasteiger partial charge on any atom is -0.380 e. The van der Waals surface area contributed by atoms with E-state index in [2.05, 4.69) is 5.10 Å². The quantitative estimate of drug-likeness (QED) is 0.818. The lowest BCUT2D eigenvalue weighted by Crippen LogP contribution is -2.30. The Morgan fingerprint density at radius 3 is 2.70 bits per heavy atom. The van der Waals surface area contributed by atoms with Gasteiger partial charge in [-0.2, -0.15) is 9.40 Å². The van der Waals surface area contributed by atoms with Crippen molar-refractivity contribution >= 4 is 10.0 Å². The molecule has 20 heavy (non-hydrogen) atoms. The van der Waals surface area contributed by atoms with E-state index in [4.69, 9.17) is 10.5 Å². The predicted molar refractivity (Wildman–Crippen MR) is 74.9 cm³/mol. The van der Waals surface area contributed by atoms with E-state index in [1.807, 2.05) is 0 Å². The molecule has 1 aromatic rings. The molecule has 2 N–H and O–H groups in total. The lowest BCUT2D eigenvalue weighted by atomic mass is 10.3. The first kappa shape index (κ1) is 15.4. The lowest BCUT2D eigenvalue weighted by Gasteiger charge is -2.16. The van der Waals surface area contributed by atoms with Crippen molar-refractivity contribution in [1.29, 1.82) is 0 Å². The second-order valence-electron chi connectivity index (χ2n) is 5.02. The highest BCUT2D eigenvalue weighted by atomic mass is 32.2. The fourth-order valence-corrected chi connectivity index (χ4v) is 4.49. The fraction of sp³-hybridized carbons (Fsp3) is 0.750. The van der Waals surface area contributed by atoms with Crippen LogP contribution in [0.1, 0.15) is 17.8 Å². The van der Waals surface area contributed by atoms with Gasteiger partial charge in [-0.05, 0) is 20.3 Å². The average molecular weight is 302 g/mol. The highest BCUT2D eigenvalue weighted by Gasteiger charge is 2.36. The Morgan fingerprint density at radius 1 is 1.45 bits per heavy atom. The van der Waals surface area contributed by atoms with E-state index in [1.54, 1.807) is 25.6 Å². The number of sulfonamides is 1. The molecular formula is C12H22N4O3S. The Labute approximate surface area is 119 Å². The van der Waals surface area contributed by atoms with Crippen LogP contribution in [0.4, 0.5) is 0 Å². The maximum absolute atomic E-state index is 12.7. The van der Waals surface area contributed by atoms with E-state index >= 15 is 0 Å². The van der Waals surface area contributed by atoms with Crippen molar-refractivity contribution < 1.29 is 13.2 Å². The van der Waals surface area contributed by atoms with Gasteiger partial charge in [-0.15, -0.1) is 0 Å². The molecule has 0 bridgehead atoms. The monoisotopic (exact) mass is 302 g/mol. The van der Waals surface area contributed by atoms with Crippen molar-refractivity contribution in [2.45, 2.75) is 37.8 Å². The van der Waals surface area contributed by atoms with Gasteiger partial charge in [0.1, 0.15) is 4.90 Å². The number of ether oxygens (including phenoxy) is 1. The summed E-state index contributed by atoms with van der Waals surface area (Å²) in [6, 6.07) is 0. The van der Waals surface area contributed by atoms with Crippen LogP contribution in [0.2, 0.25) is 0 Å². The molecule has 7 nitrogen and oxygen atoms in total. The van der Waals surface area contributed by atoms with Crippen LogP contribution in [0, 0.1) is 13.8 Å². The molecule has 1 aliphatic heterocycles. The van der Waals surface area contributed by atoms with Gasteiger partial charge in [0, 0.05) is 26.7 Å². The zero-order valence-corrected chi connectivity index (χ0v) is 13.0. The Bertz CT molecular complexity index is 582. The summed E-state index contributed by atoms with van der Waals surface area (Å²) in [4.78, 5) is 0.308. The van der Waals surface area contributed by atoms with Crippen molar-refractivity contribution in [3.63, 3.8) is 0 Å². The third kappa shape index (κ3) is 2.60. The van der Waals surface area contributed by atoms with Crippen molar-refractivity contribution in [2.75, 3.05) is 26.7 Å². The summed E-state index contributed by atoms with van der Waals surface area (Å²) in [5.74, 6) is 0. The van der Waals surface area contributed by atoms with Crippen LogP contribution in [0.3, 0.4) is 0 Å². The van der Waals surface area contributed by atoms with Crippen LogP contribution in [0.5, 0.6) is 0 Å². The van der Waals surface area contributed by atoms with E-state index in [-0.39, 0.29) is 6.10 Å². The maximum Gasteiger partial charge on any atom is 0.246 e. The van der Waals surface area contributed by atoms with Crippen LogP contribution < -0.4 is 5.73 Å². The van der Waals surface area contributed by atoms with Gasteiger partial charge in [0.05, 0.1) is 24.0 Å². The number of methoxy groups -OCH3 is 1. The van der Waals surface area contributed by atoms with E-state index in [1.165, 1.54) is 4.31 Å². The summed E-state index contributed by atoms with van der Waals surface area (Å²) < 4.78 is 33.9. The smallest absolute Gasteiger partial charge is 0.246 e. The van der Waals surface area contributed by atoms with Crippen LogP contribution in [0.15, 0.2) is 4.90 Å². The Morgan fingerprint density at radius 2 is 2.15 bits per heavy atom. The first-order valence-corrected chi connectivity index (χ1v) is 8.12. The molecule has 0 spiro atoms. The van der Waals surface area contributed by atoms with Gasteiger partial charge in [0.15, 0.2) is 0 Å². The topological polar surface area (TPSA) is 90.5 Å². The molecule has 114 valence electrons. The van der Waals surface area contributed by atoms with Crippen LogP contribution >= 0.6 is 0 Å². The molecule has 2 rings (SSSR count). The molecule has 0 saturated carbocycles. The van der Waals surface area contributed by atoms with Gasteiger partial charge in [-0.3, -0.25) is 4.68 Å². The first-order valence-electron chi connectivity index (χ1n) is 6.68. The average Bonchev–Trinajstić information content (AvgIpc) is 2.96. The van der Waals surface area contributed by atoms with Crippen molar-refractivity contribution in [3.05, 3.63) is 11.4 Å². The fourth-order valence-electron chi connectivity index (χ4n) is 2.63. The number of hydrogen-bond donors (Lipinski definition) is 1. The summed E-state index contributed by atoms with van der Waals surface area (Å²) in [5.41, 5.74) is 6.69. The molecule has 0 amide bonds. The van der Waals surface area contributed by atoms with Gasteiger partial charge >= 0.3 is 0 Å². The molecule has 1 aliphatic rings. The Kier molecular flexibility index (Phi) is 4.48. The van der Waals surface area contributed by atoms with Crippen LogP contribution in [-0.4, -0.2) is 55.4 Å². The second kappa shape index (κ2) is 5.80. The molecule has 0 aromatic carbocycles. The first-order chi connectivity index (χ1) is 9.41. The normalized spacial score (nSPS) is 20.7. The van der Waals surface area contributed by atoms with Crippen LogP contribution in [0.25, 0.3) is 0 Å². The number of aromatic nitrogens is 2. The van der Waals surface area contributed by atoms with Crippen LogP contribution in [-0.2, 0) is 21.3 Å². The molecule has 2 heterocycles. The van der Waals surface area contributed by atoms with Gasteiger partial charge in [-0.25, -0.2) is 8.42 Å². The van der Waals surface area contributed by atoms with Gasteiger partial charge in [0.2, 0.25) is 10.0 Å². The number of aryl methyl sites for hydroxylation is 1. The number of hydrogen-bond acceptors (Lipinski definition) is 5. The molecule has 0 radical (unpaired) electrons. The highest BCUT2D eigenvalue weighted by Crippen LogP contribution is 2.26. The number of nitrogens with zero attached hydrogens (tertiary/aromatic N) is 3. The largest absolute Gasteiger partial charge is 0.380 e. The standard InChI is InChI=1S/C12H22N4O3S/c1-9-12(10(2)16(14-9)7-5-13)20(17,18)15-6-4-11(8-15)19-3/h11H,4-8,13H2,1-3H3. The Hall–Kier alpha value is -0.960. The zero-order valence-electron chi connectivity index (χ0n) is 12.2. The maximum atomic E-state index is 12.7. The lowest BCUT2D eigenvalue weighted by molar-refractivity contribution is 0.115. The summed E-state index contributed by atoms with van der Waals surface area (Å²) in [6.07, 6.45) is 0.703. The molecule has 0 aliphatic carbocycles. The molecule has 1 aromatic heterocycles. The Balaban J connectivity index is 2.35. The predicted octanol–water partition coefficient (Wildman–Crippen LogP) is -0.132. The number of rotatable bonds is 5. The third-order valence-electron chi connectivity index (χ3n) is 3.69. The van der Waals surface area contributed by atoms with E-state index in [9.17, 15) is 8.42 Å². The van der Waals surface area contributed by atoms with E-state index in [0.717, 1.165) is 6.42 Å². The molecular weight excluding hydrogens is 280 g/mol. The van der Waals surface area contributed by atoms with E-state index < -0.39 is 10.0 Å². The SMILES string of the molecule is COC1CCN(S(=O)(=O)c2c(C)nn(CCN)c2C)C1. The molecule has 8 heteroatoms. The molecule has 1 fully saturated rings. The summed E-state index contributed by atoms with van der Waals surface area (Å²) in [6.45, 7) is 5.32. The van der Waals surface area contributed by atoms with Gasteiger partial charge in [-0.1, -0.05) is 0 Å². The summed E-state index contributed by atoms with van der Waals surface area (Å²) in [7, 11) is -1.90. The highest BCUT2D eigenvalue weighted by molar-refractivity contribution is 7.89. The summed E-state index contributed by atoms with van der Waals surface area (Å²) in [5, 5.41) is 4.28. The van der Waals surface area contributed by atoms with Gasteiger partial charge in [0.25, 0.3) is 0 Å². The zero-order chi connectivity index (χ0) is 14.9. The van der Waals surface area contributed by atoms with Crippen molar-refractivity contribution in [2.24, 2.45) is 5.73 Å². The molecule has 1 atom stereocenters. The molecule has 1 unspecified atom stereocenters. The third-order valence-corrected chi connectivity index (χ3v) is 5.81. The second-order valence-corrected chi connectivity index (χ2v) is 6.90. The van der Waals surface area contributed by atoms with Gasteiger partial charge < -0.3 is 10.5 Å². The van der Waals surface area contributed by atoms with Crippen molar-refractivity contribution in [3.8, 4) is 0 Å².